The summed E-state index contributed by atoms with van der Waals surface area (Å²) in [4.78, 5) is 44.9. The van der Waals surface area contributed by atoms with Gasteiger partial charge in [0, 0.05) is 36.7 Å². The number of rotatable bonds is 4. The predicted molar refractivity (Wildman–Crippen MR) is 126 cm³/mol. The van der Waals surface area contributed by atoms with Gasteiger partial charge in [0.25, 0.3) is 0 Å². The van der Waals surface area contributed by atoms with Gasteiger partial charge in [-0.2, -0.15) is 18.4 Å². The van der Waals surface area contributed by atoms with E-state index in [4.69, 9.17) is 0 Å². The van der Waals surface area contributed by atoms with E-state index in [1.165, 1.54) is 12.1 Å². The molecule has 1 aromatic heterocycles. The van der Waals surface area contributed by atoms with Crippen molar-refractivity contribution in [2.75, 3.05) is 17.7 Å². The number of imide groups is 1. The molecule has 1 aromatic carbocycles. The molecule has 0 spiro atoms. The lowest BCUT2D eigenvalue weighted by molar-refractivity contribution is -0.137. The molecule has 0 fully saturated rings. The molecular formula is C24H20F3N5O5S. The van der Waals surface area contributed by atoms with Crippen LogP contribution in [0.1, 0.15) is 42.5 Å². The summed E-state index contributed by atoms with van der Waals surface area (Å²) in [6.07, 6.45) is -2.49. The van der Waals surface area contributed by atoms with E-state index in [0.717, 1.165) is 23.4 Å². The van der Waals surface area contributed by atoms with Gasteiger partial charge in [0.2, 0.25) is 0 Å². The Labute approximate surface area is 215 Å². The zero-order valence-corrected chi connectivity index (χ0v) is 20.9. The van der Waals surface area contributed by atoms with E-state index in [2.05, 4.69) is 10.3 Å². The van der Waals surface area contributed by atoms with Crippen molar-refractivity contribution in [1.82, 2.24) is 15.2 Å². The molecule has 0 saturated heterocycles. The zero-order chi connectivity index (χ0) is 28.0. The highest BCUT2D eigenvalue weighted by Crippen LogP contribution is 2.46. The Kier molecular flexibility index (Phi) is 6.75. The molecule has 14 heteroatoms. The van der Waals surface area contributed by atoms with Gasteiger partial charge in [-0.15, -0.1) is 0 Å². The van der Waals surface area contributed by atoms with Gasteiger partial charge in [0.1, 0.15) is 6.04 Å². The number of ketones is 1. The summed E-state index contributed by atoms with van der Waals surface area (Å²) >= 11 is 0. The van der Waals surface area contributed by atoms with Crippen LogP contribution in [0.4, 0.5) is 28.4 Å². The Bertz CT molecular complexity index is 1550. The number of amides is 4. The second-order valence-electron chi connectivity index (χ2n) is 8.58. The molecule has 10 nitrogen and oxygen atoms in total. The van der Waals surface area contributed by atoms with Crippen LogP contribution < -0.4 is 10.2 Å². The molecule has 198 valence electrons. The maximum absolute atomic E-state index is 13.9. The van der Waals surface area contributed by atoms with Gasteiger partial charge < -0.3 is 5.32 Å². The molecule has 2 aliphatic rings. The van der Waals surface area contributed by atoms with Crippen molar-refractivity contribution in [3.8, 4) is 6.07 Å². The van der Waals surface area contributed by atoms with Gasteiger partial charge in [-0.1, -0.05) is 6.07 Å². The van der Waals surface area contributed by atoms with E-state index in [9.17, 15) is 41.2 Å². The maximum atomic E-state index is 13.9. The Morgan fingerprint density at radius 3 is 2.53 bits per heavy atom. The molecule has 1 atom stereocenters. The van der Waals surface area contributed by atoms with Crippen LogP contribution in [0, 0.1) is 11.3 Å². The Balaban J connectivity index is 2.03. The summed E-state index contributed by atoms with van der Waals surface area (Å²) in [7, 11) is -4.03. The molecule has 0 saturated carbocycles. The molecule has 38 heavy (non-hydrogen) atoms. The minimum Gasteiger partial charge on any atom is -0.338 e. The SMILES string of the molecule is CCNC(=O)N1C(=O)N(c2cncc(C(F)(F)F)c2)C2=C(C(=O)CC2)C1c1ccc(C#N)cc1S(C)(=O)=O. The van der Waals surface area contributed by atoms with Gasteiger partial charge in [-0.3, -0.25) is 14.7 Å². The van der Waals surface area contributed by atoms with E-state index in [0.29, 0.717) is 17.2 Å². The minimum absolute atomic E-state index is 0.00973. The zero-order valence-electron chi connectivity index (χ0n) is 20.0. The molecule has 1 aliphatic heterocycles. The highest BCUT2D eigenvalue weighted by molar-refractivity contribution is 7.90. The van der Waals surface area contributed by atoms with E-state index < -0.39 is 45.5 Å². The van der Waals surface area contributed by atoms with Crippen LogP contribution in [-0.4, -0.2) is 48.9 Å². The Morgan fingerprint density at radius 2 is 1.92 bits per heavy atom. The number of nitrogens with one attached hydrogen (secondary N) is 1. The number of sulfone groups is 1. The first kappa shape index (κ1) is 26.8. The number of nitrogens with zero attached hydrogens (tertiary/aromatic N) is 4. The first-order valence-corrected chi connectivity index (χ1v) is 13.1. The van der Waals surface area contributed by atoms with E-state index in [-0.39, 0.29) is 52.4 Å². The third-order valence-corrected chi connectivity index (χ3v) is 7.24. The second kappa shape index (κ2) is 9.56. The number of urea groups is 2. The average molecular weight is 548 g/mol. The lowest BCUT2D eigenvalue weighted by Gasteiger charge is -2.41. The minimum atomic E-state index is -4.78. The molecule has 4 amide bonds. The van der Waals surface area contributed by atoms with Crippen LogP contribution in [0.5, 0.6) is 0 Å². The summed E-state index contributed by atoms with van der Waals surface area (Å²) in [5, 5.41) is 11.7. The third kappa shape index (κ3) is 4.60. The van der Waals surface area contributed by atoms with Crippen LogP contribution >= 0.6 is 0 Å². The number of Topliss-reactive ketones (excluding diaryl/α,β-unsaturated/α-hetero) is 1. The van der Waals surface area contributed by atoms with Crippen LogP contribution in [0.3, 0.4) is 0 Å². The van der Waals surface area contributed by atoms with Crippen molar-refractivity contribution in [3.63, 3.8) is 0 Å². The number of carbonyl (C=O) groups excluding carboxylic acids is 3. The lowest BCUT2D eigenvalue weighted by Crippen LogP contribution is -2.55. The summed E-state index contributed by atoms with van der Waals surface area (Å²) in [5.41, 5.74) is -1.64. The number of benzene rings is 1. The van der Waals surface area contributed by atoms with Crippen LogP contribution in [0.15, 0.2) is 52.8 Å². The third-order valence-electron chi connectivity index (χ3n) is 6.09. The van der Waals surface area contributed by atoms with Crippen LogP contribution in [0.2, 0.25) is 0 Å². The molecule has 0 radical (unpaired) electrons. The first-order chi connectivity index (χ1) is 17.8. The molecule has 1 N–H and O–H groups in total. The Morgan fingerprint density at radius 1 is 1.21 bits per heavy atom. The summed E-state index contributed by atoms with van der Waals surface area (Å²) in [6, 6.07) is 2.51. The van der Waals surface area contributed by atoms with Gasteiger partial charge >= 0.3 is 18.2 Å². The van der Waals surface area contributed by atoms with Crippen LogP contribution in [0.25, 0.3) is 0 Å². The van der Waals surface area contributed by atoms with Gasteiger partial charge in [0.15, 0.2) is 15.6 Å². The van der Waals surface area contributed by atoms with Crippen molar-refractivity contribution < 1.29 is 36.0 Å². The highest BCUT2D eigenvalue weighted by atomic mass is 32.2. The number of carbonyl (C=O) groups is 3. The smallest absolute Gasteiger partial charge is 0.338 e. The fourth-order valence-corrected chi connectivity index (χ4v) is 5.47. The van der Waals surface area contributed by atoms with Gasteiger partial charge in [-0.25, -0.2) is 22.9 Å². The van der Waals surface area contributed by atoms with Crippen molar-refractivity contribution in [1.29, 1.82) is 5.26 Å². The molecular weight excluding hydrogens is 527 g/mol. The fraction of sp³-hybridized carbons (Fsp3) is 0.292. The largest absolute Gasteiger partial charge is 0.417 e. The molecule has 1 aliphatic carbocycles. The van der Waals surface area contributed by atoms with E-state index in [1.54, 1.807) is 6.92 Å². The van der Waals surface area contributed by atoms with E-state index >= 15 is 0 Å². The van der Waals surface area contributed by atoms with Crippen LogP contribution in [-0.2, 0) is 20.8 Å². The fourth-order valence-electron chi connectivity index (χ4n) is 4.52. The lowest BCUT2D eigenvalue weighted by atomic mass is 9.92. The molecule has 4 rings (SSSR count). The predicted octanol–water partition coefficient (Wildman–Crippen LogP) is 3.71. The molecule has 1 unspecified atom stereocenters. The number of hydrogen-bond acceptors (Lipinski definition) is 7. The first-order valence-electron chi connectivity index (χ1n) is 11.2. The summed E-state index contributed by atoms with van der Waals surface area (Å²) in [5.74, 6) is -0.513. The molecule has 2 aromatic rings. The normalized spacial score (nSPS) is 17.9. The number of halogens is 3. The van der Waals surface area contributed by atoms with Crippen molar-refractivity contribution in [3.05, 3.63) is 64.6 Å². The van der Waals surface area contributed by atoms with Gasteiger partial charge in [-0.05, 0) is 37.1 Å². The number of alkyl halides is 3. The topological polar surface area (TPSA) is 141 Å². The maximum Gasteiger partial charge on any atom is 0.417 e. The molecule has 0 bridgehead atoms. The number of allylic oxidation sites excluding steroid dienone is 1. The number of hydrogen-bond donors (Lipinski definition) is 1. The number of nitriles is 1. The standard InChI is InChI=1S/C24H20F3N5O5S/c1-3-30-22(34)32-21(16-5-4-13(10-28)8-19(16)38(2,36)37)20-17(6-7-18(20)33)31(23(32)35)15-9-14(11-29-12-15)24(25,26)27/h4-5,8-9,11-12,21H,3,6-7H2,1-2H3,(H,30,34). The highest BCUT2D eigenvalue weighted by Gasteiger charge is 2.49. The van der Waals surface area contributed by atoms with E-state index in [1.807, 2.05) is 6.07 Å². The number of anilines is 1. The van der Waals surface area contributed by atoms with Gasteiger partial charge in [0.05, 0.1) is 34.0 Å². The monoisotopic (exact) mass is 547 g/mol. The van der Waals surface area contributed by atoms with Crippen molar-refractivity contribution in [2.24, 2.45) is 0 Å². The number of pyridine rings is 1. The second-order valence-corrected chi connectivity index (χ2v) is 10.6. The summed E-state index contributed by atoms with van der Waals surface area (Å²) in [6.45, 7) is 1.61. The summed E-state index contributed by atoms with van der Waals surface area (Å²) < 4.78 is 65.6. The van der Waals surface area contributed by atoms with Crippen molar-refractivity contribution >= 4 is 33.4 Å². The van der Waals surface area contributed by atoms with Crippen molar-refractivity contribution in [2.45, 2.75) is 36.9 Å². The average Bonchev–Trinajstić information content (AvgIpc) is 3.22. The quantitative estimate of drug-likeness (QED) is 0.615. The Hall–Kier alpha value is -4.25. The number of aromatic nitrogens is 1. The molecule has 2 heterocycles.